The standard InChI is InChI=1S/C23H31N3O3/c27-23(24-21-8-9-21)20-6-4-19(5-7-20)17-26(18-22-3-1-14-29-22)11-2-10-25-12-15-28-16-13-25/h1,3-7,14,21H,2,8-13,15-18H2,(H,24,27). The molecule has 1 amide bonds. The predicted octanol–water partition coefficient (Wildman–Crippen LogP) is 2.90. The van der Waals surface area contributed by atoms with Gasteiger partial charge in [0.25, 0.3) is 5.91 Å². The molecule has 1 aliphatic heterocycles. The van der Waals surface area contributed by atoms with Gasteiger partial charge in [0.05, 0.1) is 26.0 Å². The largest absolute Gasteiger partial charge is 0.468 e. The Hall–Kier alpha value is -2.15. The van der Waals surface area contributed by atoms with Crippen LogP contribution in [0, 0.1) is 0 Å². The first kappa shape index (κ1) is 20.1. The second kappa shape index (κ2) is 10.1. The summed E-state index contributed by atoms with van der Waals surface area (Å²) in [4.78, 5) is 17.1. The van der Waals surface area contributed by atoms with Crippen LogP contribution < -0.4 is 5.32 Å². The maximum atomic E-state index is 12.2. The van der Waals surface area contributed by atoms with E-state index in [1.807, 2.05) is 24.3 Å². The van der Waals surface area contributed by atoms with Gasteiger partial charge >= 0.3 is 0 Å². The number of rotatable bonds is 10. The van der Waals surface area contributed by atoms with Crippen LogP contribution in [0.3, 0.4) is 0 Å². The van der Waals surface area contributed by atoms with Crippen molar-refractivity contribution < 1.29 is 13.9 Å². The average molecular weight is 398 g/mol. The highest BCUT2D eigenvalue weighted by molar-refractivity contribution is 5.94. The molecule has 2 aromatic rings. The van der Waals surface area contributed by atoms with Gasteiger partial charge in [0, 0.05) is 37.8 Å². The molecule has 4 rings (SSSR count). The monoisotopic (exact) mass is 397 g/mol. The number of benzene rings is 1. The van der Waals surface area contributed by atoms with Crippen molar-refractivity contribution in [2.75, 3.05) is 39.4 Å². The molecule has 0 atom stereocenters. The summed E-state index contributed by atoms with van der Waals surface area (Å²) in [6, 6.07) is 12.4. The molecule has 2 fully saturated rings. The van der Waals surface area contributed by atoms with Crippen LogP contribution in [-0.4, -0.2) is 61.1 Å². The molecule has 1 aromatic carbocycles. The number of furan rings is 1. The van der Waals surface area contributed by atoms with Gasteiger partial charge in [-0.05, 0) is 55.6 Å². The lowest BCUT2D eigenvalue weighted by Crippen LogP contribution is -2.38. The highest BCUT2D eigenvalue weighted by Gasteiger charge is 2.23. The lowest BCUT2D eigenvalue weighted by molar-refractivity contribution is 0.0358. The Bertz CT molecular complexity index is 750. The van der Waals surface area contributed by atoms with Gasteiger partial charge < -0.3 is 14.5 Å². The Morgan fingerprint density at radius 3 is 2.59 bits per heavy atom. The van der Waals surface area contributed by atoms with Crippen molar-refractivity contribution in [2.24, 2.45) is 0 Å². The SMILES string of the molecule is O=C(NC1CC1)c1ccc(CN(CCCN2CCOCC2)Cc2ccco2)cc1. The second-order valence-corrected chi connectivity index (χ2v) is 8.04. The molecule has 1 aliphatic carbocycles. The van der Waals surface area contributed by atoms with Crippen LogP contribution in [0.4, 0.5) is 0 Å². The number of nitrogens with zero attached hydrogens (tertiary/aromatic N) is 2. The van der Waals surface area contributed by atoms with Gasteiger partial charge in [0.2, 0.25) is 0 Å². The smallest absolute Gasteiger partial charge is 0.251 e. The molecule has 1 saturated carbocycles. The third kappa shape index (κ3) is 6.42. The van der Waals surface area contributed by atoms with Crippen molar-refractivity contribution in [3.63, 3.8) is 0 Å². The molecular weight excluding hydrogens is 366 g/mol. The lowest BCUT2D eigenvalue weighted by atomic mass is 10.1. The maximum Gasteiger partial charge on any atom is 0.251 e. The number of amides is 1. The Morgan fingerprint density at radius 2 is 1.90 bits per heavy atom. The zero-order valence-electron chi connectivity index (χ0n) is 17.0. The van der Waals surface area contributed by atoms with Crippen LogP contribution >= 0.6 is 0 Å². The molecule has 0 spiro atoms. The fraction of sp³-hybridized carbons (Fsp3) is 0.522. The zero-order valence-corrected chi connectivity index (χ0v) is 17.0. The molecule has 0 unspecified atom stereocenters. The van der Waals surface area contributed by atoms with Gasteiger partial charge in [-0.1, -0.05) is 12.1 Å². The summed E-state index contributed by atoms with van der Waals surface area (Å²) in [5.74, 6) is 1.02. The molecule has 6 heteroatoms. The van der Waals surface area contributed by atoms with Crippen molar-refractivity contribution in [3.8, 4) is 0 Å². The molecule has 2 heterocycles. The van der Waals surface area contributed by atoms with Crippen molar-refractivity contribution >= 4 is 5.91 Å². The van der Waals surface area contributed by atoms with Crippen LogP contribution in [0.2, 0.25) is 0 Å². The fourth-order valence-corrected chi connectivity index (χ4v) is 3.70. The Kier molecular flexibility index (Phi) is 6.98. The molecule has 156 valence electrons. The maximum absolute atomic E-state index is 12.2. The van der Waals surface area contributed by atoms with Crippen LogP contribution in [-0.2, 0) is 17.8 Å². The molecule has 1 saturated heterocycles. The van der Waals surface area contributed by atoms with Crippen molar-refractivity contribution in [2.45, 2.75) is 38.4 Å². The van der Waals surface area contributed by atoms with E-state index in [-0.39, 0.29) is 5.91 Å². The van der Waals surface area contributed by atoms with E-state index >= 15 is 0 Å². The summed E-state index contributed by atoms with van der Waals surface area (Å²) < 4.78 is 11.0. The van der Waals surface area contributed by atoms with Crippen molar-refractivity contribution in [3.05, 3.63) is 59.5 Å². The first-order valence-electron chi connectivity index (χ1n) is 10.7. The Labute approximate surface area is 172 Å². The van der Waals surface area contributed by atoms with Crippen LogP contribution in [0.5, 0.6) is 0 Å². The van der Waals surface area contributed by atoms with E-state index in [2.05, 4.69) is 27.2 Å². The molecule has 1 N–H and O–H groups in total. The quantitative estimate of drug-likeness (QED) is 0.668. The molecule has 6 nitrogen and oxygen atoms in total. The number of ether oxygens (including phenoxy) is 1. The van der Waals surface area contributed by atoms with Crippen molar-refractivity contribution in [1.29, 1.82) is 0 Å². The number of morpholine rings is 1. The minimum absolute atomic E-state index is 0.0389. The Morgan fingerprint density at radius 1 is 1.10 bits per heavy atom. The minimum Gasteiger partial charge on any atom is -0.468 e. The van der Waals surface area contributed by atoms with Gasteiger partial charge in [0.15, 0.2) is 0 Å². The normalized spacial score (nSPS) is 17.6. The average Bonchev–Trinajstić information content (AvgIpc) is 3.41. The number of hydrogen-bond donors (Lipinski definition) is 1. The molecule has 29 heavy (non-hydrogen) atoms. The fourth-order valence-electron chi connectivity index (χ4n) is 3.70. The first-order valence-corrected chi connectivity index (χ1v) is 10.7. The van der Waals surface area contributed by atoms with Gasteiger partial charge in [-0.25, -0.2) is 0 Å². The van der Waals surface area contributed by atoms with Crippen LogP contribution in [0.1, 0.15) is 40.9 Å². The number of carbonyl (C=O) groups is 1. The molecular formula is C23H31N3O3. The van der Waals surface area contributed by atoms with E-state index in [9.17, 15) is 4.79 Å². The summed E-state index contributed by atoms with van der Waals surface area (Å²) >= 11 is 0. The highest BCUT2D eigenvalue weighted by Crippen LogP contribution is 2.19. The molecule has 1 aromatic heterocycles. The molecule has 0 bridgehead atoms. The number of nitrogens with one attached hydrogen (secondary N) is 1. The number of hydrogen-bond acceptors (Lipinski definition) is 5. The van der Waals surface area contributed by atoms with E-state index in [4.69, 9.17) is 9.15 Å². The lowest BCUT2D eigenvalue weighted by Gasteiger charge is -2.28. The van der Waals surface area contributed by atoms with Gasteiger partial charge in [-0.2, -0.15) is 0 Å². The zero-order chi connectivity index (χ0) is 19.9. The second-order valence-electron chi connectivity index (χ2n) is 8.04. The molecule has 0 radical (unpaired) electrons. The van der Waals surface area contributed by atoms with E-state index in [1.54, 1.807) is 6.26 Å². The van der Waals surface area contributed by atoms with Gasteiger partial charge in [-0.15, -0.1) is 0 Å². The van der Waals surface area contributed by atoms with E-state index in [1.165, 1.54) is 5.56 Å². The van der Waals surface area contributed by atoms with E-state index < -0.39 is 0 Å². The highest BCUT2D eigenvalue weighted by atomic mass is 16.5. The summed E-state index contributed by atoms with van der Waals surface area (Å²) in [6.07, 6.45) is 5.06. The van der Waals surface area contributed by atoms with Crippen LogP contribution in [0.25, 0.3) is 0 Å². The molecule has 2 aliphatic rings. The summed E-state index contributed by atoms with van der Waals surface area (Å²) in [5.41, 5.74) is 1.96. The van der Waals surface area contributed by atoms with E-state index in [0.29, 0.717) is 6.04 Å². The van der Waals surface area contributed by atoms with E-state index in [0.717, 1.165) is 83.1 Å². The van der Waals surface area contributed by atoms with Gasteiger partial charge in [-0.3, -0.25) is 14.6 Å². The van der Waals surface area contributed by atoms with Gasteiger partial charge in [0.1, 0.15) is 5.76 Å². The van der Waals surface area contributed by atoms with Crippen molar-refractivity contribution in [1.82, 2.24) is 15.1 Å². The third-order valence-corrected chi connectivity index (χ3v) is 5.55. The Balaban J connectivity index is 1.31. The summed E-state index contributed by atoms with van der Waals surface area (Å²) in [7, 11) is 0. The minimum atomic E-state index is 0.0389. The third-order valence-electron chi connectivity index (χ3n) is 5.55. The summed E-state index contributed by atoms with van der Waals surface area (Å²) in [5, 5.41) is 3.04. The topological polar surface area (TPSA) is 58.0 Å². The first-order chi connectivity index (χ1) is 14.3. The predicted molar refractivity (Wildman–Crippen MR) is 112 cm³/mol. The van der Waals surface area contributed by atoms with Crippen LogP contribution in [0.15, 0.2) is 47.1 Å². The summed E-state index contributed by atoms with van der Waals surface area (Å²) in [6.45, 7) is 7.48. The number of carbonyl (C=O) groups excluding carboxylic acids is 1.